The van der Waals surface area contributed by atoms with Gasteiger partial charge in [-0.3, -0.25) is 4.79 Å². The molecular formula is C17H14N2O3S2. The van der Waals surface area contributed by atoms with Crippen molar-refractivity contribution in [1.29, 1.82) is 0 Å². The number of benzene rings is 2. The Balaban J connectivity index is 1.44. The lowest BCUT2D eigenvalue weighted by Crippen LogP contribution is -2.22. The number of amides is 1. The molecule has 0 radical (unpaired) electrons. The summed E-state index contributed by atoms with van der Waals surface area (Å²) in [6.07, 6.45) is 0. The first-order valence-electron chi connectivity index (χ1n) is 7.42. The Morgan fingerprint density at radius 2 is 2.08 bits per heavy atom. The number of thiazole rings is 1. The molecule has 2 aromatic carbocycles. The van der Waals surface area contributed by atoms with Crippen molar-refractivity contribution in [3.8, 4) is 11.5 Å². The predicted octanol–water partition coefficient (Wildman–Crippen LogP) is 4.14. The van der Waals surface area contributed by atoms with Gasteiger partial charge in [0.15, 0.2) is 15.8 Å². The highest BCUT2D eigenvalue weighted by atomic mass is 32.2. The summed E-state index contributed by atoms with van der Waals surface area (Å²) < 4.78 is 12.6. The smallest absolute Gasteiger partial charge is 0.237 e. The summed E-state index contributed by atoms with van der Waals surface area (Å²) in [5, 5.41) is 2.65. The predicted molar refractivity (Wildman–Crippen MR) is 96.1 cm³/mol. The van der Waals surface area contributed by atoms with Gasteiger partial charge in [-0.2, -0.15) is 0 Å². The molecule has 24 heavy (non-hydrogen) atoms. The molecular weight excluding hydrogens is 344 g/mol. The van der Waals surface area contributed by atoms with Crippen LogP contribution in [0.25, 0.3) is 10.2 Å². The third-order valence-corrected chi connectivity index (χ3v) is 5.79. The van der Waals surface area contributed by atoms with Crippen molar-refractivity contribution in [1.82, 2.24) is 4.98 Å². The van der Waals surface area contributed by atoms with Gasteiger partial charge in [-0.1, -0.05) is 23.9 Å². The van der Waals surface area contributed by atoms with E-state index >= 15 is 0 Å². The van der Waals surface area contributed by atoms with Crippen LogP contribution in [0.5, 0.6) is 11.5 Å². The number of para-hydroxylation sites is 1. The van der Waals surface area contributed by atoms with E-state index in [4.69, 9.17) is 9.47 Å². The number of thioether (sulfide) groups is 1. The highest BCUT2D eigenvalue weighted by Crippen LogP contribution is 2.35. The zero-order valence-corrected chi connectivity index (χ0v) is 14.4. The van der Waals surface area contributed by atoms with Crippen molar-refractivity contribution in [3.05, 3.63) is 42.5 Å². The molecule has 1 aromatic heterocycles. The molecule has 4 rings (SSSR count). The van der Waals surface area contributed by atoms with Crippen LogP contribution in [-0.4, -0.2) is 22.9 Å². The number of ether oxygens (including phenoxy) is 2. The van der Waals surface area contributed by atoms with Crippen molar-refractivity contribution in [2.75, 3.05) is 12.1 Å². The standard InChI is InChI=1S/C17H14N2O3S2/c1-10(23-17-19-12-4-2-3-5-15(12)24-17)16(20)18-11-6-7-13-14(8-11)22-9-21-13/h2-8,10H,9H2,1H3,(H,18,20)/t10-/m1/s1. The first-order chi connectivity index (χ1) is 11.7. The molecule has 1 aliphatic heterocycles. The van der Waals surface area contributed by atoms with Gasteiger partial charge in [-0.05, 0) is 31.2 Å². The average Bonchev–Trinajstić information content (AvgIpc) is 3.19. The van der Waals surface area contributed by atoms with E-state index in [1.807, 2.05) is 31.2 Å². The molecule has 0 unspecified atom stereocenters. The third-order valence-electron chi connectivity index (χ3n) is 3.56. The number of carbonyl (C=O) groups excluding carboxylic acids is 1. The third kappa shape index (κ3) is 3.05. The van der Waals surface area contributed by atoms with Crippen LogP contribution in [-0.2, 0) is 4.79 Å². The first-order valence-corrected chi connectivity index (χ1v) is 9.11. The molecule has 1 amide bonds. The molecule has 0 fully saturated rings. The Morgan fingerprint density at radius 1 is 1.25 bits per heavy atom. The van der Waals surface area contributed by atoms with Gasteiger partial charge in [-0.25, -0.2) is 4.98 Å². The quantitative estimate of drug-likeness (QED) is 0.710. The topological polar surface area (TPSA) is 60.5 Å². The molecule has 0 saturated carbocycles. The van der Waals surface area contributed by atoms with Crippen LogP contribution in [0.15, 0.2) is 46.8 Å². The van der Waals surface area contributed by atoms with Gasteiger partial charge in [0.05, 0.1) is 15.5 Å². The zero-order chi connectivity index (χ0) is 16.5. The van der Waals surface area contributed by atoms with Crippen molar-refractivity contribution in [2.45, 2.75) is 16.5 Å². The minimum Gasteiger partial charge on any atom is -0.454 e. The van der Waals surface area contributed by atoms with Gasteiger partial charge in [-0.15, -0.1) is 11.3 Å². The van der Waals surface area contributed by atoms with E-state index in [1.165, 1.54) is 11.8 Å². The molecule has 1 aliphatic rings. The fourth-order valence-corrected chi connectivity index (χ4v) is 4.54. The number of nitrogens with zero attached hydrogens (tertiary/aromatic N) is 1. The fraction of sp³-hybridized carbons (Fsp3) is 0.176. The Morgan fingerprint density at radius 3 is 2.96 bits per heavy atom. The molecule has 0 spiro atoms. The lowest BCUT2D eigenvalue weighted by Gasteiger charge is -2.10. The largest absolute Gasteiger partial charge is 0.454 e. The van der Waals surface area contributed by atoms with Crippen LogP contribution < -0.4 is 14.8 Å². The summed E-state index contributed by atoms with van der Waals surface area (Å²) in [4.78, 5) is 17.0. The maximum atomic E-state index is 12.4. The van der Waals surface area contributed by atoms with Crippen LogP contribution in [0.4, 0.5) is 5.69 Å². The lowest BCUT2D eigenvalue weighted by atomic mass is 10.2. The van der Waals surface area contributed by atoms with E-state index in [-0.39, 0.29) is 18.0 Å². The van der Waals surface area contributed by atoms with Gasteiger partial charge in [0, 0.05) is 11.8 Å². The summed E-state index contributed by atoms with van der Waals surface area (Å²) in [6, 6.07) is 13.3. The first kappa shape index (κ1) is 15.3. The maximum Gasteiger partial charge on any atom is 0.237 e. The molecule has 2 heterocycles. The van der Waals surface area contributed by atoms with Crippen molar-refractivity contribution < 1.29 is 14.3 Å². The number of aromatic nitrogens is 1. The Labute approximate surface area is 147 Å². The number of hydrogen-bond acceptors (Lipinski definition) is 6. The van der Waals surface area contributed by atoms with Crippen LogP contribution in [0, 0.1) is 0 Å². The fourth-order valence-electron chi connectivity index (χ4n) is 2.32. The molecule has 1 N–H and O–H groups in total. The minimum absolute atomic E-state index is 0.0712. The molecule has 0 bridgehead atoms. The molecule has 0 aliphatic carbocycles. The number of hydrogen-bond donors (Lipinski definition) is 1. The molecule has 3 aromatic rings. The van der Waals surface area contributed by atoms with E-state index in [9.17, 15) is 4.79 Å². The Hall–Kier alpha value is -2.25. The van der Waals surface area contributed by atoms with Gasteiger partial charge in [0.25, 0.3) is 0 Å². The Kier molecular flexibility index (Phi) is 4.03. The highest BCUT2D eigenvalue weighted by Gasteiger charge is 2.19. The summed E-state index contributed by atoms with van der Waals surface area (Å²) in [7, 11) is 0. The van der Waals surface area contributed by atoms with Crippen molar-refractivity contribution >= 4 is 44.9 Å². The second-order valence-corrected chi connectivity index (χ2v) is 7.88. The van der Waals surface area contributed by atoms with Gasteiger partial charge in [0.1, 0.15) is 0 Å². The second kappa shape index (κ2) is 6.33. The monoisotopic (exact) mass is 358 g/mol. The summed E-state index contributed by atoms with van der Waals surface area (Å²) in [6.45, 7) is 2.09. The van der Waals surface area contributed by atoms with Gasteiger partial charge in [0.2, 0.25) is 12.7 Å². The second-order valence-electron chi connectivity index (χ2n) is 5.26. The number of anilines is 1. The number of rotatable bonds is 4. The van der Waals surface area contributed by atoms with Crippen molar-refractivity contribution in [2.24, 2.45) is 0 Å². The molecule has 0 saturated heterocycles. The number of carbonyl (C=O) groups is 1. The van der Waals surface area contributed by atoms with Gasteiger partial charge < -0.3 is 14.8 Å². The number of fused-ring (bicyclic) bond motifs is 2. The summed E-state index contributed by atoms with van der Waals surface area (Å²) in [5.74, 6) is 1.28. The SMILES string of the molecule is C[C@@H](Sc1nc2ccccc2s1)C(=O)Nc1ccc2c(c1)OCO2. The van der Waals surface area contributed by atoms with E-state index in [2.05, 4.69) is 10.3 Å². The average molecular weight is 358 g/mol. The zero-order valence-electron chi connectivity index (χ0n) is 12.8. The molecule has 7 heteroatoms. The Bertz CT molecular complexity index is 877. The van der Waals surface area contributed by atoms with Crippen LogP contribution in [0.1, 0.15) is 6.92 Å². The summed E-state index contributed by atoms with van der Waals surface area (Å²) in [5.41, 5.74) is 1.66. The van der Waals surface area contributed by atoms with Crippen LogP contribution >= 0.6 is 23.1 Å². The van der Waals surface area contributed by atoms with E-state index in [0.29, 0.717) is 17.2 Å². The lowest BCUT2D eigenvalue weighted by molar-refractivity contribution is -0.115. The van der Waals surface area contributed by atoms with Gasteiger partial charge >= 0.3 is 0 Å². The van der Waals surface area contributed by atoms with Crippen LogP contribution in [0.3, 0.4) is 0 Å². The highest BCUT2D eigenvalue weighted by molar-refractivity contribution is 8.02. The maximum absolute atomic E-state index is 12.4. The van der Waals surface area contributed by atoms with E-state index in [0.717, 1.165) is 14.6 Å². The van der Waals surface area contributed by atoms with Crippen molar-refractivity contribution in [3.63, 3.8) is 0 Å². The van der Waals surface area contributed by atoms with E-state index < -0.39 is 0 Å². The normalized spacial score (nSPS) is 13.9. The summed E-state index contributed by atoms with van der Waals surface area (Å²) >= 11 is 3.06. The van der Waals surface area contributed by atoms with E-state index in [1.54, 1.807) is 29.5 Å². The minimum atomic E-state index is -0.254. The molecule has 1 atom stereocenters. The molecule has 122 valence electrons. The molecule has 5 nitrogen and oxygen atoms in total. The number of nitrogens with one attached hydrogen (secondary N) is 1. The van der Waals surface area contributed by atoms with Crippen LogP contribution in [0.2, 0.25) is 0 Å².